The van der Waals surface area contributed by atoms with E-state index in [1.165, 1.54) is 42.6 Å². The maximum Gasteiger partial charge on any atom is 0.0850 e. The Kier molecular flexibility index (Phi) is 1.86. The van der Waals surface area contributed by atoms with Gasteiger partial charge in [0, 0.05) is 0 Å². The number of anilines is 2. The smallest absolute Gasteiger partial charge is 0.0850 e. The maximum atomic E-state index is 3.41. The third-order valence-corrected chi connectivity index (χ3v) is 3.43. The van der Waals surface area contributed by atoms with E-state index in [2.05, 4.69) is 28.8 Å². The molecule has 1 saturated carbocycles. The normalized spacial score (nSPS) is 19.4. The van der Waals surface area contributed by atoms with Crippen molar-refractivity contribution in [1.29, 1.82) is 0 Å². The number of fused-ring (bicyclic) bond motifs is 1. The molecule has 2 aliphatic rings. The average Bonchev–Trinajstić information content (AvgIpc) is 2.59. The number of rotatable bonds is 2. The third-order valence-electron chi connectivity index (χ3n) is 3.43. The molecule has 0 amide bonds. The fraction of sp³-hybridized carbons (Fsp3) is 0.500. The molecule has 14 heavy (non-hydrogen) atoms. The van der Waals surface area contributed by atoms with Gasteiger partial charge in [0.1, 0.15) is 0 Å². The van der Waals surface area contributed by atoms with Crippen molar-refractivity contribution in [3.63, 3.8) is 0 Å². The Morgan fingerprint density at radius 3 is 2.93 bits per heavy atom. The summed E-state index contributed by atoms with van der Waals surface area (Å²) in [5.74, 6) is 0.948. The van der Waals surface area contributed by atoms with E-state index < -0.39 is 0 Å². The van der Waals surface area contributed by atoms with Crippen molar-refractivity contribution < 1.29 is 0 Å². The van der Waals surface area contributed by atoms with Crippen molar-refractivity contribution in [2.75, 3.05) is 17.3 Å². The molecule has 74 valence electrons. The van der Waals surface area contributed by atoms with Gasteiger partial charge in [0.2, 0.25) is 0 Å². The van der Waals surface area contributed by atoms with E-state index in [1.54, 1.807) is 0 Å². The van der Waals surface area contributed by atoms with Gasteiger partial charge in [-0.3, -0.25) is 0 Å². The highest BCUT2D eigenvalue weighted by atomic mass is 15.1. The first-order valence-corrected chi connectivity index (χ1v) is 5.53. The van der Waals surface area contributed by atoms with Crippen LogP contribution < -0.4 is 10.6 Å². The Bertz CT molecular complexity index is 342. The lowest BCUT2D eigenvalue weighted by atomic mass is 9.80. The summed E-state index contributed by atoms with van der Waals surface area (Å²) in [7, 11) is 0. The van der Waals surface area contributed by atoms with E-state index >= 15 is 0 Å². The number of para-hydroxylation sites is 1. The van der Waals surface area contributed by atoms with Crippen LogP contribution in [0.1, 0.15) is 24.8 Å². The van der Waals surface area contributed by atoms with Crippen LogP contribution in [0.3, 0.4) is 0 Å². The van der Waals surface area contributed by atoms with Crippen LogP contribution in [-0.4, -0.2) is 6.67 Å². The highest BCUT2D eigenvalue weighted by molar-refractivity contribution is 5.76. The Labute approximate surface area is 84.7 Å². The summed E-state index contributed by atoms with van der Waals surface area (Å²) >= 11 is 0. The minimum atomic E-state index is 0.886. The molecule has 0 atom stereocenters. The second-order valence-electron chi connectivity index (χ2n) is 4.37. The van der Waals surface area contributed by atoms with Crippen molar-refractivity contribution in [2.45, 2.75) is 25.7 Å². The van der Waals surface area contributed by atoms with Crippen molar-refractivity contribution in [3.8, 4) is 0 Å². The third kappa shape index (κ3) is 1.26. The molecule has 0 unspecified atom stereocenters. The predicted molar refractivity (Wildman–Crippen MR) is 59.6 cm³/mol. The van der Waals surface area contributed by atoms with Crippen molar-refractivity contribution in [1.82, 2.24) is 0 Å². The Morgan fingerprint density at radius 1 is 1.21 bits per heavy atom. The van der Waals surface area contributed by atoms with Gasteiger partial charge in [-0.15, -0.1) is 0 Å². The lowest BCUT2D eigenvalue weighted by molar-refractivity contribution is 0.315. The minimum absolute atomic E-state index is 0.886. The molecule has 3 rings (SSSR count). The van der Waals surface area contributed by atoms with Crippen LogP contribution in [0.2, 0.25) is 0 Å². The molecule has 1 heterocycles. The van der Waals surface area contributed by atoms with Gasteiger partial charge in [-0.2, -0.15) is 0 Å². The van der Waals surface area contributed by atoms with E-state index in [9.17, 15) is 0 Å². The number of hydrogen-bond donors (Lipinski definition) is 2. The lowest BCUT2D eigenvalue weighted by Gasteiger charge is -2.26. The molecule has 1 aliphatic carbocycles. The lowest BCUT2D eigenvalue weighted by Crippen LogP contribution is -2.14. The Hall–Kier alpha value is -1.18. The van der Waals surface area contributed by atoms with Crippen LogP contribution in [-0.2, 0) is 6.42 Å². The molecule has 2 heteroatoms. The van der Waals surface area contributed by atoms with Crippen LogP contribution in [0.25, 0.3) is 0 Å². The Balaban J connectivity index is 1.85. The molecule has 0 spiro atoms. The predicted octanol–water partition coefficient (Wildman–Crippen LogP) is 2.82. The van der Waals surface area contributed by atoms with Crippen LogP contribution in [0.15, 0.2) is 18.2 Å². The molecular weight excluding hydrogens is 172 g/mol. The zero-order valence-corrected chi connectivity index (χ0v) is 8.34. The van der Waals surface area contributed by atoms with Gasteiger partial charge >= 0.3 is 0 Å². The summed E-state index contributed by atoms with van der Waals surface area (Å²) < 4.78 is 0. The largest absolute Gasteiger partial charge is 0.366 e. The molecule has 1 fully saturated rings. The summed E-state index contributed by atoms with van der Waals surface area (Å²) in [6.07, 6.45) is 5.55. The van der Waals surface area contributed by atoms with Gasteiger partial charge in [0.25, 0.3) is 0 Å². The van der Waals surface area contributed by atoms with Crippen LogP contribution in [0.4, 0.5) is 11.4 Å². The molecule has 1 aromatic rings. The van der Waals surface area contributed by atoms with Crippen molar-refractivity contribution >= 4 is 11.4 Å². The van der Waals surface area contributed by atoms with Gasteiger partial charge in [-0.25, -0.2) is 0 Å². The van der Waals surface area contributed by atoms with E-state index in [1.807, 2.05) is 0 Å². The number of hydrogen-bond acceptors (Lipinski definition) is 2. The first-order valence-electron chi connectivity index (χ1n) is 5.53. The first kappa shape index (κ1) is 8.16. The first-order chi connectivity index (χ1) is 6.93. The van der Waals surface area contributed by atoms with Gasteiger partial charge < -0.3 is 10.6 Å². The molecule has 0 radical (unpaired) electrons. The van der Waals surface area contributed by atoms with Gasteiger partial charge in [-0.05, 0) is 24.0 Å². The van der Waals surface area contributed by atoms with Gasteiger partial charge in [-0.1, -0.05) is 31.4 Å². The van der Waals surface area contributed by atoms with E-state index in [4.69, 9.17) is 0 Å². The quantitative estimate of drug-likeness (QED) is 0.745. The molecule has 0 aromatic heterocycles. The standard InChI is InChI=1S/C12H16N2/c1-3-9(4-1)7-10-5-2-6-11-12(10)14-8-13-11/h2,5-6,9,13-14H,1,3-4,7-8H2. The minimum Gasteiger partial charge on any atom is -0.366 e. The van der Waals surface area contributed by atoms with Crippen molar-refractivity contribution in [2.24, 2.45) is 5.92 Å². The SMILES string of the molecule is c1cc(CC2CCC2)c2c(c1)NCN2. The zero-order valence-electron chi connectivity index (χ0n) is 8.34. The van der Waals surface area contributed by atoms with Crippen LogP contribution in [0, 0.1) is 5.92 Å². The number of benzene rings is 1. The summed E-state index contributed by atoms with van der Waals surface area (Å²) in [5, 5.41) is 6.75. The summed E-state index contributed by atoms with van der Waals surface area (Å²) in [6.45, 7) is 0.886. The molecule has 0 bridgehead atoms. The van der Waals surface area contributed by atoms with Gasteiger partial charge in [0.15, 0.2) is 0 Å². The average molecular weight is 188 g/mol. The number of nitrogens with one attached hydrogen (secondary N) is 2. The van der Waals surface area contributed by atoms with E-state index in [0.717, 1.165) is 12.6 Å². The Morgan fingerprint density at radius 2 is 2.14 bits per heavy atom. The maximum absolute atomic E-state index is 3.41. The monoisotopic (exact) mass is 188 g/mol. The second kappa shape index (κ2) is 3.19. The molecule has 0 saturated heterocycles. The highest BCUT2D eigenvalue weighted by Crippen LogP contribution is 2.36. The van der Waals surface area contributed by atoms with Crippen LogP contribution >= 0.6 is 0 Å². The molecule has 2 N–H and O–H groups in total. The summed E-state index contributed by atoms with van der Waals surface area (Å²) in [6, 6.07) is 6.57. The molecule has 1 aliphatic heterocycles. The molecule has 1 aromatic carbocycles. The fourth-order valence-corrected chi connectivity index (χ4v) is 2.36. The van der Waals surface area contributed by atoms with E-state index in [-0.39, 0.29) is 0 Å². The topological polar surface area (TPSA) is 24.1 Å². The van der Waals surface area contributed by atoms with E-state index in [0.29, 0.717) is 0 Å². The molecule has 2 nitrogen and oxygen atoms in total. The molecular formula is C12H16N2. The zero-order chi connectivity index (χ0) is 9.38. The van der Waals surface area contributed by atoms with Crippen LogP contribution in [0.5, 0.6) is 0 Å². The summed E-state index contributed by atoms with van der Waals surface area (Å²) in [5.41, 5.74) is 4.12. The second-order valence-corrected chi connectivity index (χ2v) is 4.37. The fourth-order valence-electron chi connectivity index (χ4n) is 2.36. The highest BCUT2D eigenvalue weighted by Gasteiger charge is 2.21. The van der Waals surface area contributed by atoms with Gasteiger partial charge in [0.05, 0.1) is 18.0 Å². The summed E-state index contributed by atoms with van der Waals surface area (Å²) in [4.78, 5) is 0. The van der Waals surface area contributed by atoms with Crippen molar-refractivity contribution in [3.05, 3.63) is 23.8 Å².